The van der Waals surface area contributed by atoms with E-state index in [4.69, 9.17) is 4.74 Å². The van der Waals surface area contributed by atoms with Crippen LogP contribution in [0.2, 0.25) is 0 Å². The van der Waals surface area contributed by atoms with E-state index >= 15 is 0 Å². The standard InChI is InChI=1S/C17H25BrN2O3S/c1-23-15-8-10-19(11-9-15)14-6-12-20(13-7-14)24(21,22)17-5-3-2-4-16(17)18/h2-5,14-15H,6-13H2,1H3. The first-order valence-electron chi connectivity index (χ1n) is 8.54. The number of hydrogen-bond donors (Lipinski definition) is 0. The number of rotatable bonds is 4. The van der Waals surface area contributed by atoms with Crippen LogP contribution in [0.15, 0.2) is 33.6 Å². The molecule has 7 heteroatoms. The number of piperidine rings is 2. The monoisotopic (exact) mass is 416 g/mol. The zero-order valence-corrected chi connectivity index (χ0v) is 16.4. The van der Waals surface area contributed by atoms with E-state index in [0.717, 1.165) is 38.8 Å². The average molecular weight is 417 g/mol. The fourth-order valence-electron chi connectivity index (χ4n) is 3.72. The van der Waals surface area contributed by atoms with Gasteiger partial charge < -0.3 is 9.64 Å². The summed E-state index contributed by atoms with van der Waals surface area (Å²) in [6, 6.07) is 7.54. The normalized spacial score (nSPS) is 22.8. The molecule has 3 rings (SSSR count). The van der Waals surface area contributed by atoms with Crippen LogP contribution in [-0.4, -0.2) is 63.1 Å². The number of methoxy groups -OCH3 is 1. The molecular weight excluding hydrogens is 392 g/mol. The number of sulfonamides is 1. The number of benzene rings is 1. The summed E-state index contributed by atoms with van der Waals surface area (Å²) < 4.78 is 33.4. The van der Waals surface area contributed by atoms with Gasteiger partial charge in [0.25, 0.3) is 0 Å². The Bertz CT molecular complexity index is 652. The van der Waals surface area contributed by atoms with Gasteiger partial charge >= 0.3 is 0 Å². The third-order valence-corrected chi connectivity index (χ3v) is 8.11. The summed E-state index contributed by atoms with van der Waals surface area (Å²) in [7, 11) is -1.63. The van der Waals surface area contributed by atoms with Gasteiger partial charge in [0.05, 0.1) is 11.0 Å². The lowest BCUT2D eigenvalue weighted by Crippen LogP contribution is -2.49. The molecule has 0 aliphatic carbocycles. The van der Waals surface area contributed by atoms with Gasteiger partial charge in [-0.3, -0.25) is 0 Å². The Labute approximate surface area is 153 Å². The molecule has 2 aliphatic heterocycles. The summed E-state index contributed by atoms with van der Waals surface area (Å²) in [5.41, 5.74) is 0. The zero-order chi connectivity index (χ0) is 17.2. The third kappa shape index (κ3) is 3.85. The quantitative estimate of drug-likeness (QED) is 0.756. The Morgan fingerprint density at radius 3 is 2.25 bits per heavy atom. The molecule has 5 nitrogen and oxygen atoms in total. The van der Waals surface area contributed by atoms with Crippen molar-refractivity contribution >= 4 is 26.0 Å². The molecule has 0 saturated carbocycles. The van der Waals surface area contributed by atoms with Gasteiger partial charge in [-0.15, -0.1) is 0 Å². The molecule has 2 fully saturated rings. The highest BCUT2D eigenvalue weighted by molar-refractivity contribution is 9.10. The predicted octanol–water partition coefficient (Wildman–Crippen LogP) is 2.71. The Balaban J connectivity index is 1.60. The fraction of sp³-hybridized carbons (Fsp3) is 0.647. The Hall–Kier alpha value is -0.470. The van der Waals surface area contributed by atoms with Crippen molar-refractivity contribution in [1.82, 2.24) is 9.21 Å². The van der Waals surface area contributed by atoms with Gasteiger partial charge in [-0.25, -0.2) is 8.42 Å². The molecule has 2 saturated heterocycles. The van der Waals surface area contributed by atoms with E-state index in [-0.39, 0.29) is 0 Å². The summed E-state index contributed by atoms with van der Waals surface area (Å²) in [5.74, 6) is 0. The molecule has 0 N–H and O–H groups in total. The second kappa shape index (κ2) is 7.83. The predicted molar refractivity (Wildman–Crippen MR) is 97.5 cm³/mol. The van der Waals surface area contributed by atoms with Crippen molar-refractivity contribution < 1.29 is 13.2 Å². The van der Waals surface area contributed by atoms with Gasteiger partial charge in [0, 0.05) is 43.8 Å². The van der Waals surface area contributed by atoms with E-state index in [0.29, 0.717) is 34.6 Å². The second-order valence-corrected chi connectivity index (χ2v) is 9.30. The smallest absolute Gasteiger partial charge is 0.244 e. The largest absolute Gasteiger partial charge is 0.381 e. The minimum absolute atomic E-state index is 0.365. The molecule has 1 aromatic carbocycles. The zero-order valence-electron chi connectivity index (χ0n) is 14.0. The van der Waals surface area contributed by atoms with Crippen molar-refractivity contribution in [3.05, 3.63) is 28.7 Å². The lowest BCUT2D eigenvalue weighted by Gasteiger charge is -2.41. The highest BCUT2D eigenvalue weighted by Crippen LogP contribution is 2.28. The number of ether oxygens (including phenoxy) is 1. The first kappa shape index (κ1) is 18.3. The highest BCUT2D eigenvalue weighted by Gasteiger charge is 2.33. The lowest BCUT2D eigenvalue weighted by molar-refractivity contribution is 0.0190. The maximum absolute atomic E-state index is 12.8. The van der Waals surface area contributed by atoms with Crippen molar-refractivity contribution in [3.63, 3.8) is 0 Å². The first-order valence-corrected chi connectivity index (χ1v) is 10.8. The van der Waals surface area contributed by atoms with Crippen molar-refractivity contribution in [2.75, 3.05) is 33.3 Å². The van der Waals surface area contributed by atoms with Crippen LogP contribution in [0.5, 0.6) is 0 Å². The summed E-state index contributed by atoms with van der Waals surface area (Å²) in [6.45, 7) is 3.30. The van der Waals surface area contributed by atoms with Crippen LogP contribution in [0.4, 0.5) is 0 Å². The summed E-state index contributed by atoms with van der Waals surface area (Å²) >= 11 is 3.36. The van der Waals surface area contributed by atoms with Crippen LogP contribution in [-0.2, 0) is 14.8 Å². The van der Waals surface area contributed by atoms with Crippen molar-refractivity contribution in [3.8, 4) is 0 Å². The van der Waals surface area contributed by atoms with Crippen LogP contribution in [0.25, 0.3) is 0 Å². The first-order chi connectivity index (χ1) is 11.5. The van der Waals surface area contributed by atoms with E-state index in [1.54, 1.807) is 29.6 Å². The average Bonchev–Trinajstić information content (AvgIpc) is 2.62. The Morgan fingerprint density at radius 2 is 1.67 bits per heavy atom. The second-order valence-electron chi connectivity index (χ2n) is 6.54. The minimum atomic E-state index is -3.41. The minimum Gasteiger partial charge on any atom is -0.381 e. The van der Waals surface area contributed by atoms with Crippen LogP contribution < -0.4 is 0 Å². The van der Waals surface area contributed by atoms with Crippen LogP contribution >= 0.6 is 15.9 Å². The van der Waals surface area contributed by atoms with Gasteiger partial charge in [-0.05, 0) is 53.7 Å². The fourth-order valence-corrected chi connectivity index (χ4v) is 6.15. The summed E-state index contributed by atoms with van der Waals surface area (Å²) in [4.78, 5) is 2.88. The molecule has 0 atom stereocenters. The molecule has 0 bridgehead atoms. The molecule has 0 aromatic heterocycles. The van der Waals surface area contributed by atoms with E-state index in [1.807, 2.05) is 6.07 Å². The number of likely N-dealkylation sites (tertiary alicyclic amines) is 1. The molecule has 0 unspecified atom stereocenters. The van der Waals surface area contributed by atoms with Gasteiger partial charge in [-0.1, -0.05) is 12.1 Å². The molecule has 2 heterocycles. The third-order valence-electron chi connectivity index (χ3n) is 5.20. The maximum Gasteiger partial charge on any atom is 0.244 e. The Kier molecular flexibility index (Phi) is 5.98. The topological polar surface area (TPSA) is 49.9 Å². The van der Waals surface area contributed by atoms with Crippen molar-refractivity contribution in [1.29, 1.82) is 0 Å². The number of halogens is 1. The van der Waals surface area contributed by atoms with Crippen LogP contribution in [0, 0.1) is 0 Å². The summed E-state index contributed by atoms with van der Waals surface area (Å²) in [5, 5.41) is 0. The van der Waals surface area contributed by atoms with Gasteiger partial charge in [0.1, 0.15) is 0 Å². The number of nitrogens with zero attached hydrogens (tertiary/aromatic N) is 2. The number of hydrogen-bond acceptors (Lipinski definition) is 4. The molecule has 24 heavy (non-hydrogen) atoms. The molecule has 0 amide bonds. The lowest BCUT2D eigenvalue weighted by atomic mass is 10.00. The highest BCUT2D eigenvalue weighted by atomic mass is 79.9. The van der Waals surface area contributed by atoms with Gasteiger partial charge in [0.15, 0.2) is 0 Å². The van der Waals surface area contributed by atoms with Gasteiger partial charge in [-0.2, -0.15) is 4.31 Å². The molecule has 1 aromatic rings. The molecule has 0 radical (unpaired) electrons. The van der Waals surface area contributed by atoms with Crippen molar-refractivity contribution in [2.24, 2.45) is 0 Å². The van der Waals surface area contributed by atoms with E-state index in [9.17, 15) is 8.42 Å². The molecular formula is C17H25BrN2O3S. The molecule has 0 spiro atoms. The molecule has 134 valence electrons. The SMILES string of the molecule is COC1CCN(C2CCN(S(=O)(=O)c3ccccc3Br)CC2)CC1. The maximum atomic E-state index is 12.8. The van der Waals surface area contributed by atoms with Gasteiger partial charge in [0.2, 0.25) is 10.0 Å². The van der Waals surface area contributed by atoms with Crippen molar-refractivity contribution in [2.45, 2.75) is 42.7 Å². The van der Waals surface area contributed by atoms with Crippen LogP contribution in [0.3, 0.4) is 0 Å². The van der Waals surface area contributed by atoms with Crippen LogP contribution in [0.1, 0.15) is 25.7 Å². The molecule has 2 aliphatic rings. The van der Waals surface area contributed by atoms with E-state index < -0.39 is 10.0 Å². The Morgan fingerprint density at radius 1 is 1.04 bits per heavy atom. The van der Waals surface area contributed by atoms with E-state index in [1.165, 1.54) is 0 Å². The summed E-state index contributed by atoms with van der Waals surface area (Å²) in [6.07, 6.45) is 4.35. The van der Waals surface area contributed by atoms with E-state index in [2.05, 4.69) is 20.8 Å².